The number of amides is 1. The van der Waals surface area contributed by atoms with Crippen molar-refractivity contribution in [1.82, 2.24) is 4.72 Å². The Morgan fingerprint density at radius 1 is 1.04 bits per heavy atom. The van der Waals surface area contributed by atoms with Crippen LogP contribution in [0.15, 0.2) is 59.5 Å². The third-order valence-corrected chi connectivity index (χ3v) is 4.50. The highest BCUT2D eigenvalue weighted by Crippen LogP contribution is 2.22. The highest BCUT2D eigenvalue weighted by molar-refractivity contribution is 7.90. The van der Waals surface area contributed by atoms with Crippen molar-refractivity contribution in [1.29, 1.82) is 0 Å². The summed E-state index contributed by atoms with van der Waals surface area (Å²) in [6, 6.07) is 14.0. The molecule has 0 aliphatic heterocycles. The van der Waals surface area contributed by atoms with Crippen LogP contribution in [0.4, 0.5) is 5.69 Å². The number of aryl methyl sites for hydroxylation is 1. The zero-order valence-corrected chi connectivity index (χ0v) is 12.8. The fourth-order valence-electron chi connectivity index (χ4n) is 1.99. The summed E-state index contributed by atoms with van der Waals surface area (Å²) in [5.74, 6) is -0.716. The summed E-state index contributed by atoms with van der Waals surface area (Å²) in [6.45, 7) is 0. The summed E-state index contributed by atoms with van der Waals surface area (Å²) in [5.41, 5.74) is 0.321. The average Bonchev–Trinajstić information content (AvgIpc) is 2.53. The van der Waals surface area contributed by atoms with Gasteiger partial charge in [-0.15, -0.1) is 0 Å². The van der Waals surface area contributed by atoms with Crippen LogP contribution in [-0.2, 0) is 21.2 Å². The van der Waals surface area contributed by atoms with Crippen LogP contribution in [0.3, 0.4) is 0 Å². The molecule has 7 nitrogen and oxygen atoms in total. The second-order valence-corrected chi connectivity index (χ2v) is 6.39. The zero-order chi connectivity index (χ0) is 16.9. The average molecular weight is 334 g/mol. The van der Waals surface area contributed by atoms with Gasteiger partial charge in [-0.3, -0.25) is 14.9 Å². The molecule has 0 bridgehead atoms. The van der Waals surface area contributed by atoms with E-state index in [-0.39, 0.29) is 6.42 Å². The minimum Gasteiger partial charge on any atom is -0.274 e. The van der Waals surface area contributed by atoms with Gasteiger partial charge in [0.25, 0.3) is 15.7 Å². The molecule has 0 aliphatic carbocycles. The molecule has 1 N–H and O–H groups in total. The molecule has 0 spiro atoms. The number of hydrogen-bond donors (Lipinski definition) is 1. The molecule has 1 amide bonds. The summed E-state index contributed by atoms with van der Waals surface area (Å²) >= 11 is 0. The summed E-state index contributed by atoms with van der Waals surface area (Å²) in [6.07, 6.45) is 0.336. The molecule has 2 aromatic carbocycles. The van der Waals surface area contributed by atoms with Crippen molar-refractivity contribution in [3.63, 3.8) is 0 Å². The molecular weight excluding hydrogens is 320 g/mol. The molecule has 0 fully saturated rings. The highest BCUT2D eigenvalue weighted by atomic mass is 32.2. The van der Waals surface area contributed by atoms with Gasteiger partial charge < -0.3 is 0 Å². The number of sulfonamides is 1. The molecule has 0 radical (unpaired) electrons. The van der Waals surface area contributed by atoms with Crippen molar-refractivity contribution in [2.75, 3.05) is 0 Å². The Bertz CT molecular complexity index is 819. The second kappa shape index (κ2) is 7.01. The fourth-order valence-corrected chi connectivity index (χ4v) is 3.18. The first-order chi connectivity index (χ1) is 10.9. The van der Waals surface area contributed by atoms with Crippen molar-refractivity contribution in [3.05, 3.63) is 70.3 Å². The Morgan fingerprint density at radius 2 is 1.65 bits per heavy atom. The van der Waals surface area contributed by atoms with E-state index in [1.54, 1.807) is 0 Å². The monoisotopic (exact) mass is 334 g/mol. The van der Waals surface area contributed by atoms with E-state index >= 15 is 0 Å². The SMILES string of the molecule is O=C(CCc1ccccc1)NS(=O)(=O)c1ccccc1[N+](=O)[O-]. The van der Waals surface area contributed by atoms with Gasteiger partial charge in [-0.25, -0.2) is 13.1 Å². The van der Waals surface area contributed by atoms with Gasteiger partial charge in [0.15, 0.2) is 4.90 Å². The molecule has 8 heteroatoms. The molecule has 0 saturated heterocycles. The zero-order valence-electron chi connectivity index (χ0n) is 12.0. The predicted molar refractivity (Wildman–Crippen MR) is 83.2 cm³/mol. The maximum absolute atomic E-state index is 12.1. The lowest BCUT2D eigenvalue weighted by Crippen LogP contribution is -2.31. The molecule has 2 rings (SSSR count). The number of benzene rings is 2. The third-order valence-electron chi connectivity index (χ3n) is 3.08. The van der Waals surface area contributed by atoms with E-state index in [0.717, 1.165) is 17.7 Å². The number of hydrogen-bond acceptors (Lipinski definition) is 5. The second-order valence-electron chi connectivity index (χ2n) is 4.74. The van der Waals surface area contributed by atoms with Crippen molar-refractivity contribution < 1.29 is 18.1 Å². The van der Waals surface area contributed by atoms with Crippen LogP contribution in [0.1, 0.15) is 12.0 Å². The van der Waals surface area contributed by atoms with Crippen LogP contribution in [0.2, 0.25) is 0 Å². The van der Waals surface area contributed by atoms with E-state index in [2.05, 4.69) is 0 Å². The number of nitro benzene ring substituents is 1. The van der Waals surface area contributed by atoms with Crippen molar-refractivity contribution >= 4 is 21.6 Å². The van der Waals surface area contributed by atoms with Gasteiger partial charge in [0.2, 0.25) is 5.91 Å². The molecule has 2 aromatic rings. The number of nitrogens with one attached hydrogen (secondary N) is 1. The summed E-state index contributed by atoms with van der Waals surface area (Å²) in [7, 11) is -4.28. The number of carbonyl (C=O) groups is 1. The number of rotatable bonds is 6. The first-order valence-corrected chi connectivity index (χ1v) is 8.21. The van der Waals surface area contributed by atoms with E-state index in [1.807, 2.05) is 35.1 Å². The first-order valence-electron chi connectivity index (χ1n) is 6.73. The van der Waals surface area contributed by atoms with E-state index in [4.69, 9.17) is 0 Å². The smallest absolute Gasteiger partial charge is 0.274 e. The Hall–Kier alpha value is -2.74. The number of para-hydroxylation sites is 1. The summed E-state index contributed by atoms with van der Waals surface area (Å²) in [5, 5.41) is 10.9. The van der Waals surface area contributed by atoms with Crippen LogP contribution in [0, 0.1) is 10.1 Å². The largest absolute Gasteiger partial charge is 0.289 e. The van der Waals surface area contributed by atoms with Gasteiger partial charge in [0.05, 0.1) is 4.92 Å². The van der Waals surface area contributed by atoms with Crippen molar-refractivity contribution in [2.45, 2.75) is 17.7 Å². The van der Waals surface area contributed by atoms with E-state index in [1.165, 1.54) is 12.1 Å². The quantitative estimate of drug-likeness (QED) is 0.642. The lowest BCUT2D eigenvalue weighted by Gasteiger charge is -2.07. The maximum Gasteiger partial charge on any atom is 0.289 e. The van der Waals surface area contributed by atoms with E-state index in [0.29, 0.717) is 6.42 Å². The van der Waals surface area contributed by atoms with Gasteiger partial charge in [-0.2, -0.15) is 0 Å². The Labute approximate surface area is 133 Å². The molecule has 0 atom stereocenters. The summed E-state index contributed by atoms with van der Waals surface area (Å²) < 4.78 is 26.2. The lowest BCUT2D eigenvalue weighted by atomic mass is 10.1. The Morgan fingerprint density at radius 3 is 2.30 bits per heavy atom. The van der Waals surface area contributed by atoms with Crippen LogP contribution < -0.4 is 4.72 Å². The van der Waals surface area contributed by atoms with Crippen molar-refractivity contribution in [2.24, 2.45) is 0 Å². The Kier molecular flexibility index (Phi) is 5.07. The number of carbonyl (C=O) groups excluding carboxylic acids is 1. The van der Waals surface area contributed by atoms with Crippen LogP contribution in [-0.4, -0.2) is 19.2 Å². The molecule has 120 valence electrons. The summed E-state index contributed by atoms with van der Waals surface area (Å²) in [4.78, 5) is 21.4. The van der Waals surface area contributed by atoms with Gasteiger partial charge in [-0.05, 0) is 18.1 Å². The van der Waals surface area contributed by atoms with E-state index in [9.17, 15) is 23.3 Å². The highest BCUT2D eigenvalue weighted by Gasteiger charge is 2.26. The molecule has 0 aliphatic rings. The normalized spacial score (nSPS) is 11.0. The molecule has 0 unspecified atom stereocenters. The van der Waals surface area contributed by atoms with Crippen LogP contribution in [0.25, 0.3) is 0 Å². The molecule has 0 heterocycles. The van der Waals surface area contributed by atoms with Crippen LogP contribution in [0.5, 0.6) is 0 Å². The minimum absolute atomic E-state index is 0.0378. The van der Waals surface area contributed by atoms with Crippen molar-refractivity contribution in [3.8, 4) is 0 Å². The predicted octanol–water partition coefficient (Wildman–Crippen LogP) is 2.03. The molecular formula is C15H14N2O5S. The molecule has 0 saturated carbocycles. The molecule has 0 aromatic heterocycles. The first kappa shape index (κ1) is 16.6. The maximum atomic E-state index is 12.1. The number of nitro groups is 1. The van der Waals surface area contributed by atoms with Crippen LogP contribution >= 0.6 is 0 Å². The number of nitrogens with zero attached hydrogens (tertiary/aromatic N) is 1. The lowest BCUT2D eigenvalue weighted by molar-refractivity contribution is -0.387. The minimum atomic E-state index is -4.28. The Balaban J connectivity index is 2.09. The van der Waals surface area contributed by atoms with E-state index < -0.39 is 31.4 Å². The molecule has 23 heavy (non-hydrogen) atoms. The third kappa shape index (κ3) is 4.36. The topological polar surface area (TPSA) is 106 Å². The fraction of sp³-hybridized carbons (Fsp3) is 0.133. The standard InChI is InChI=1S/C15H14N2O5S/c18-15(11-10-12-6-2-1-3-7-12)16-23(21,22)14-9-5-4-8-13(14)17(19)20/h1-9H,10-11H2,(H,16,18). The van der Waals surface area contributed by atoms with Gasteiger partial charge >= 0.3 is 0 Å². The van der Waals surface area contributed by atoms with Gasteiger partial charge in [0.1, 0.15) is 0 Å². The van der Waals surface area contributed by atoms with Gasteiger partial charge in [-0.1, -0.05) is 42.5 Å². The van der Waals surface area contributed by atoms with Gasteiger partial charge in [0, 0.05) is 12.5 Å².